The molecule has 1 amide bonds. The van der Waals surface area contributed by atoms with E-state index in [0.717, 1.165) is 15.2 Å². The summed E-state index contributed by atoms with van der Waals surface area (Å²) in [4.78, 5) is 11.4. The molecule has 2 N–H and O–H groups in total. The minimum absolute atomic E-state index is 0.460. The Morgan fingerprint density at radius 3 is 2.75 bits per heavy atom. The predicted octanol–water partition coefficient (Wildman–Crippen LogP) is 2.71. The van der Waals surface area contributed by atoms with Crippen LogP contribution in [0.25, 0.3) is 10.8 Å². The van der Waals surface area contributed by atoms with Crippen LogP contribution < -0.4 is 10.5 Å². The highest BCUT2D eigenvalue weighted by molar-refractivity contribution is 9.10. The van der Waals surface area contributed by atoms with Gasteiger partial charge in [0.05, 0.1) is 12.7 Å². The molecule has 0 fully saturated rings. The van der Waals surface area contributed by atoms with Crippen LogP contribution in [0.4, 0.5) is 0 Å². The van der Waals surface area contributed by atoms with E-state index in [2.05, 4.69) is 15.9 Å². The van der Waals surface area contributed by atoms with Crippen molar-refractivity contribution < 1.29 is 9.53 Å². The molecule has 0 heterocycles. The molecule has 0 radical (unpaired) electrons. The molecule has 4 heteroatoms. The van der Waals surface area contributed by atoms with Gasteiger partial charge in [0, 0.05) is 9.86 Å². The van der Waals surface area contributed by atoms with Gasteiger partial charge in [-0.2, -0.15) is 0 Å². The van der Waals surface area contributed by atoms with Crippen molar-refractivity contribution in [2.75, 3.05) is 7.11 Å². The second-order valence-electron chi connectivity index (χ2n) is 3.38. The van der Waals surface area contributed by atoms with E-state index in [0.29, 0.717) is 11.3 Å². The van der Waals surface area contributed by atoms with E-state index in [9.17, 15) is 4.79 Å². The summed E-state index contributed by atoms with van der Waals surface area (Å²) in [5, 5.41) is 1.67. The Morgan fingerprint density at radius 1 is 1.38 bits per heavy atom. The molecule has 0 atom stereocenters. The number of ether oxygens (including phenoxy) is 1. The molecule has 2 aromatic rings. The summed E-state index contributed by atoms with van der Waals surface area (Å²) in [6, 6.07) is 9.22. The number of halogens is 1. The van der Waals surface area contributed by atoms with Crippen LogP contribution in [0.3, 0.4) is 0 Å². The number of hydrogen-bond donors (Lipinski definition) is 1. The number of fused-ring (bicyclic) bond motifs is 1. The van der Waals surface area contributed by atoms with Crippen molar-refractivity contribution in [3.05, 3.63) is 40.4 Å². The zero-order chi connectivity index (χ0) is 11.7. The Morgan fingerprint density at radius 2 is 2.12 bits per heavy atom. The van der Waals surface area contributed by atoms with Gasteiger partial charge < -0.3 is 10.5 Å². The van der Waals surface area contributed by atoms with Crippen LogP contribution >= 0.6 is 15.9 Å². The number of rotatable bonds is 2. The van der Waals surface area contributed by atoms with Crippen molar-refractivity contribution in [3.63, 3.8) is 0 Å². The Kier molecular flexibility index (Phi) is 2.83. The summed E-state index contributed by atoms with van der Waals surface area (Å²) in [6.45, 7) is 0. The average molecular weight is 280 g/mol. The topological polar surface area (TPSA) is 52.3 Å². The lowest BCUT2D eigenvalue weighted by Gasteiger charge is -2.09. The maximum Gasteiger partial charge on any atom is 0.249 e. The number of methoxy groups -OCH3 is 1. The Balaban J connectivity index is 2.91. The number of nitrogens with two attached hydrogens (primary N) is 1. The van der Waals surface area contributed by atoms with Gasteiger partial charge >= 0.3 is 0 Å². The van der Waals surface area contributed by atoms with Gasteiger partial charge in [0.1, 0.15) is 5.75 Å². The number of carbonyl (C=O) groups is 1. The molecular formula is C12H10BrNO2. The molecule has 0 aliphatic rings. The number of benzene rings is 2. The van der Waals surface area contributed by atoms with Crippen LogP contribution in [-0.4, -0.2) is 13.0 Å². The third-order valence-electron chi connectivity index (χ3n) is 2.39. The van der Waals surface area contributed by atoms with E-state index in [1.54, 1.807) is 13.2 Å². The maximum absolute atomic E-state index is 11.4. The van der Waals surface area contributed by atoms with Gasteiger partial charge in [-0.25, -0.2) is 0 Å². The average Bonchev–Trinajstić information content (AvgIpc) is 2.26. The summed E-state index contributed by atoms with van der Waals surface area (Å²) < 4.78 is 6.06. The molecular weight excluding hydrogens is 270 g/mol. The van der Waals surface area contributed by atoms with E-state index in [4.69, 9.17) is 10.5 Å². The van der Waals surface area contributed by atoms with Crippen LogP contribution in [-0.2, 0) is 0 Å². The number of primary amides is 1. The van der Waals surface area contributed by atoms with E-state index in [1.807, 2.05) is 24.3 Å². The van der Waals surface area contributed by atoms with Crippen LogP contribution in [0.1, 0.15) is 10.4 Å². The van der Waals surface area contributed by atoms with E-state index in [1.165, 1.54) is 0 Å². The summed E-state index contributed by atoms with van der Waals surface area (Å²) in [5.74, 6) is 0.189. The summed E-state index contributed by atoms with van der Waals surface area (Å²) >= 11 is 3.35. The third-order valence-corrected chi connectivity index (χ3v) is 2.85. The second-order valence-corrected chi connectivity index (χ2v) is 4.29. The molecule has 0 saturated heterocycles. The van der Waals surface area contributed by atoms with Crippen molar-refractivity contribution in [1.29, 1.82) is 0 Å². The van der Waals surface area contributed by atoms with Gasteiger partial charge in [-0.15, -0.1) is 0 Å². The standard InChI is InChI=1S/C12H10BrNO2/c1-16-10-4-2-3-7-5-8(13)6-9(11(7)10)12(14)15/h2-6H,1H3,(H2,14,15). The number of hydrogen-bond acceptors (Lipinski definition) is 2. The highest BCUT2D eigenvalue weighted by Crippen LogP contribution is 2.31. The van der Waals surface area contributed by atoms with Gasteiger partial charge in [-0.1, -0.05) is 28.1 Å². The molecule has 16 heavy (non-hydrogen) atoms. The van der Waals surface area contributed by atoms with Crippen molar-refractivity contribution in [1.82, 2.24) is 0 Å². The van der Waals surface area contributed by atoms with Crippen molar-refractivity contribution in [2.24, 2.45) is 5.73 Å². The van der Waals surface area contributed by atoms with Crippen LogP contribution in [0, 0.1) is 0 Å². The normalized spacial score (nSPS) is 10.4. The second kappa shape index (κ2) is 4.14. The van der Waals surface area contributed by atoms with Gasteiger partial charge in [0.15, 0.2) is 0 Å². The highest BCUT2D eigenvalue weighted by atomic mass is 79.9. The predicted molar refractivity (Wildman–Crippen MR) is 66.7 cm³/mol. The zero-order valence-electron chi connectivity index (χ0n) is 8.66. The smallest absolute Gasteiger partial charge is 0.249 e. The first-order valence-corrected chi connectivity index (χ1v) is 5.49. The lowest BCUT2D eigenvalue weighted by molar-refractivity contribution is 0.100. The fraction of sp³-hybridized carbons (Fsp3) is 0.0833. The molecule has 3 nitrogen and oxygen atoms in total. The highest BCUT2D eigenvalue weighted by Gasteiger charge is 2.12. The molecule has 82 valence electrons. The fourth-order valence-corrected chi connectivity index (χ4v) is 2.20. The van der Waals surface area contributed by atoms with Gasteiger partial charge in [0.2, 0.25) is 5.91 Å². The van der Waals surface area contributed by atoms with Crippen LogP contribution in [0.2, 0.25) is 0 Å². The summed E-state index contributed by atoms with van der Waals surface area (Å²) in [7, 11) is 1.57. The molecule has 0 unspecified atom stereocenters. The SMILES string of the molecule is COc1cccc2cc(Br)cc(C(N)=O)c12. The van der Waals surface area contributed by atoms with Gasteiger partial charge in [-0.05, 0) is 23.6 Å². The minimum Gasteiger partial charge on any atom is -0.496 e. The summed E-state index contributed by atoms with van der Waals surface area (Å²) in [6.07, 6.45) is 0. The maximum atomic E-state index is 11.4. The number of carbonyl (C=O) groups excluding carboxylic acids is 1. The first kappa shape index (κ1) is 11.0. The molecule has 2 aromatic carbocycles. The minimum atomic E-state index is -0.462. The molecule has 0 spiro atoms. The quantitative estimate of drug-likeness (QED) is 0.919. The monoisotopic (exact) mass is 279 g/mol. The molecule has 0 bridgehead atoms. The number of amides is 1. The van der Waals surface area contributed by atoms with E-state index >= 15 is 0 Å². The van der Waals surface area contributed by atoms with Crippen molar-refractivity contribution >= 4 is 32.6 Å². The first-order chi connectivity index (χ1) is 7.63. The van der Waals surface area contributed by atoms with Crippen molar-refractivity contribution in [2.45, 2.75) is 0 Å². The Bertz CT molecular complexity index is 566. The molecule has 0 aromatic heterocycles. The lowest BCUT2D eigenvalue weighted by Crippen LogP contribution is -2.11. The van der Waals surface area contributed by atoms with E-state index < -0.39 is 5.91 Å². The lowest BCUT2D eigenvalue weighted by atomic mass is 10.0. The van der Waals surface area contributed by atoms with Crippen LogP contribution in [0.5, 0.6) is 5.75 Å². The molecule has 0 aliphatic carbocycles. The van der Waals surface area contributed by atoms with E-state index in [-0.39, 0.29) is 0 Å². The zero-order valence-corrected chi connectivity index (χ0v) is 10.2. The fourth-order valence-electron chi connectivity index (χ4n) is 1.72. The molecule has 0 aliphatic heterocycles. The van der Waals surface area contributed by atoms with Gasteiger partial charge in [-0.3, -0.25) is 4.79 Å². The molecule has 2 rings (SSSR count). The Labute approximate surface area is 101 Å². The third kappa shape index (κ3) is 1.76. The van der Waals surface area contributed by atoms with Gasteiger partial charge in [0.25, 0.3) is 0 Å². The first-order valence-electron chi connectivity index (χ1n) is 4.69. The Hall–Kier alpha value is -1.55. The summed E-state index contributed by atoms with van der Waals surface area (Å²) in [5.41, 5.74) is 5.82. The van der Waals surface area contributed by atoms with Crippen LogP contribution in [0.15, 0.2) is 34.8 Å². The van der Waals surface area contributed by atoms with Crippen molar-refractivity contribution in [3.8, 4) is 5.75 Å². The molecule has 0 saturated carbocycles. The largest absolute Gasteiger partial charge is 0.496 e.